The Bertz CT molecular complexity index is 782. The Kier molecular flexibility index (Phi) is 5.47. The lowest BCUT2D eigenvalue weighted by Crippen LogP contribution is -2.27. The van der Waals surface area contributed by atoms with E-state index in [2.05, 4.69) is 0 Å². The van der Waals surface area contributed by atoms with Crippen LogP contribution in [0.1, 0.15) is 28.4 Å². The molecule has 24 heavy (non-hydrogen) atoms. The number of carbonyl (C=O) groups is 2. The van der Waals surface area contributed by atoms with E-state index < -0.39 is 5.91 Å². The van der Waals surface area contributed by atoms with Crippen LogP contribution < -0.4 is 5.73 Å². The van der Waals surface area contributed by atoms with E-state index in [0.29, 0.717) is 17.7 Å². The maximum absolute atomic E-state index is 12.9. The van der Waals surface area contributed by atoms with Crippen molar-refractivity contribution in [3.8, 4) is 0 Å². The number of hydrogen-bond donors (Lipinski definition) is 1. The number of hydrogen-bond acceptors (Lipinski definition) is 2. The summed E-state index contributed by atoms with van der Waals surface area (Å²) in [5.41, 5.74) is 7.78. The smallest absolute Gasteiger partial charge is 0.249 e. The summed E-state index contributed by atoms with van der Waals surface area (Å²) in [6.07, 6.45) is 1.71. The average molecular weight is 326 g/mol. The third-order valence-electron chi connectivity index (χ3n) is 3.57. The molecule has 0 unspecified atom stereocenters. The second-order valence-corrected chi connectivity index (χ2v) is 5.60. The van der Waals surface area contributed by atoms with E-state index in [-0.39, 0.29) is 11.7 Å². The van der Waals surface area contributed by atoms with Crippen molar-refractivity contribution < 1.29 is 14.0 Å². The molecule has 0 saturated carbocycles. The van der Waals surface area contributed by atoms with Gasteiger partial charge >= 0.3 is 0 Å². The normalized spacial score (nSPS) is 11.2. The van der Waals surface area contributed by atoms with Gasteiger partial charge in [-0.15, -0.1) is 0 Å². The lowest BCUT2D eigenvalue weighted by Gasteiger charge is -2.18. The van der Waals surface area contributed by atoms with Gasteiger partial charge in [0.25, 0.3) is 0 Å². The summed E-state index contributed by atoms with van der Waals surface area (Å²) in [7, 11) is 1.68. The highest BCUT2D eigenvalue weighted by Crippen LogP contribution is 2.12. The predicted octanol–water partition coefficient (Wildman–Crippen LogP) is 2.99. The molecule has 124 valence electrons. The lowest BCUT2D eigenvalue weighted by atomic mass is 10.1. The standard InChI is InChI=1S/C19H19FN2O2/c1-13(10-14-6-8-17(20)9-7-14)19(24)22(2)12-15-4-3-5-16(11-15)18(21)23/h3-11H,12H2,1-2H3,(H2,21,23). The van der Waals surface area contributed by atoms with Gasteiger partial charge in [-0.1, -0.05) is 24.3 Å². The fraction of sp³-hybridized carbons (Fsp3) is 0.158. The quantitative estimate of drug-likeness (QED) is 0.859. The molecule has 0 fully saturated rings. The first-order chi connectivity index (χ1) is 11.4. The summed E-state index contributed by atoms with van der Waals surface area (Å²) in [6, 6.07) is 12.8. The highest BCUT2D eigenvalue weighted by Gasteiger charge is 2.12. The molecule has 0 heterocycles. The fourth-order valence-electron chi connectivity index (χ4n) is 2.34. The van der Waals surface area contributed by atoms with Crippen molar-refractivity contribution >= 4 is 17.9 Å². The van der Waals surface area contributed by atoms with Gasteiger partial charge in [0.1, 0.15) is 5.82 Å². The maximum Gasteiger partial charge on any atom is 0.249 e. The summed E-state index contributed by atoms with van der Waals surface area (Å²) in [5.74, 6) is -0.968. The van der Waals surface area contributed by atoms with E-state index in [1.54, 1.807) is 55.3 Å². The Labute approximate surface area is 140 Å². The second-order valence-electron chi connectivity index (χ2n) is 5.60. The van der Waals surface area contributed by atoms with Crippen molar-refractivity contribution in [2.45, 2.75) is 13.5 Å². The van der Waals surface area contributed by atoms with Gasteiger partial charge in [0.2, 0.25) is 11.8 Å². The molecule has 0 aliphatic rings. The summed E-state index contributed by atoms with van der Waals surface area (Å²) < 4.78 is 12.9. The number of nitrogens with two attached hydrogens (primary N) is 1. The van der Waals surface area contributed by atoms with Crippen LogP contribution in [0.3, 0.4) is 0 Å². The third-order valence-corrected chi connectivity index (χ3v) is 3.57. The van der Waals surface area contributed by atoms with E-state index in [1.165, 1.54) is 12.1 Å². The Morgan fingerprint density at radius 3 is 2.46 bits per heavy atom. The minimum atomic E-state index is -0.502. The Morgan fingerprint density at radius 2 is 1.83 bits per heavy atom. The van der Waals surface area contributed by atoms with Crippen LogP contribution in [0.5, 0.6) is 0 Å². The van der Waals surface area contributed by atoms with Crippen molar-refractivity contribution in [3.63, 3.8) is 0 Å². The van der Waals surface area contributed by atoms with Crippen LogP contribution in [0.2, 0.25) is 0 Å². The Morgan fingerprint density at radius 1 is 1.17 bits per heavy atom. The summed E-state index contributed by atoms with van der Waals surface area (Å²) in [6.45, 7) is 2.07. The van der Waals surface area contributed by atoms with E-state index in [9.17, 15) is 14.0 Å². The van der Waals surface area contributed by atoms with Gasteiger partial charge in [-0.3, -0.25) is 9.59 Å². The molecular weight excluding hydrogens is 307 g/mol. The molecule has 0 aliphatic carbocycles. The van der Waals surface area contributed by atoms with Crippen LogP contribution in [0.15, 0.2) is 54.1 Å². The van der Waals surface area contributed by atoms with Gasteiger partial charge in [0, 0.05) is 24.7 Å². The highest BCUT2D eigenvalue weighted by molar-refractivity contribution is 5.97. The molecule has 0 bridgehead atoms. The largest absolute Gasteiger partial charge is 0.366 e. The Hall–Kier alpha value is -2.95. The van der Waals surface area contributed by atoms with Gasteiger partial charge in [-0.2, -0.15) is 0 Å². The molecule has 0 atom stereocenters. The van der Waals surface area contributed by atoms with E-state index in [4.69, 9.17) is 5.73 Å². The minimum Gasteiger partial charge on any atom is -0.366 e. The fourth-order valence-corrected chi connectivity index (χ4v) is 2.34. The SMILES string of the molecule is CC(=Cc1ccc(F)cc1)C(=O)N(C)Cc1cccc(C(N)=O)c1. The van der Waals surface area contributed by atoms with Crippen LogP contribution >= 0.6 is 0 Å². The molecule has 0 spiro atoms. The molecule has 0 saturated heterocycles. The maximum atomic E-state index is 12.9. The van der Waals surface area contributed by atoms with Gasteiger partial charge < -0.3 is 10.6 Å². The first-order valence-corrected chi connectivity index (χ1v) is 7.45. The van der Waals surface area contributed by atoms with Crippen LogP contribution in [-0.4, -0.2) is 23.8 Å². The number of primary amides is 1. The number of carbonyl (C=O) groups excluding carboxylic acids is 2. The van der Waals surface area contributed by atoms with Crippen molar-refractivity contribution in [3.05, 3.63) is 76.6 Å². The highest BCUT2D eigenvalue weighted by atomic mass is 19.1. The van der Waals surface area contributed by atoms with Gasteiger partial charge in [-0.25, -0.2) is 4.39 Å². The first-order valence-electron chi connectivity index (χ1n) is 7.45. The van der Waals surface area contributed by atoms with Crippen molar-refractivity contribution in [2.75, 3.05) is 7.05 Å². The molecular formula is C19H19FN2O2. The molecule has 2 aromatic carbocycles. The zero-order valence-corrected chi connectivity index (χ0v) is 13.6. The number of likely N-dealkylation sites (N-methyl/N-ethyl adjacent to an activating group) is 1. The minimum absolute atomic E-state index is 0.149. The molecule has 2 aromatic rings. The number of amides is 2. The molecule has 0 radical (unpaired) electrons. The van der Waals surface area contributed by atoms with Gasteiger partial charge in [-0.05, 0) is 48.4 Å². The molecule has 0 aliphatic heterocycles. The van der Waals surface area contributed by atoms with Gasteiger partial charge in [0.05, 0.1) is 0 Å². The number of benzene rings is 2. The third kappa shape index (κ3) is 4.52. The topological polar surface area (TPSA) is 63.4 Å². The van der Waals surface area contributed by atoms with E-state index in [1.807, 2.05) is 6.07 Å². The summed E-state index contributed by atoms with van der Waals surface area (Å²) >= 11 is 0. The number of nitrogens with zero attached hydrogens (tertiary/aromatic N) is 1. The Balaban J connectivity index is 2.09. The molecule has 2 N–H and O–H groups in total. The lowest BCUT2D eigenvalue weighted by molar-refractivity contribution is -0.126. The van der Waals surface area contributed by atoms with Crippen LogP contribution in [0, 0.1) is 5.82 Å². The molecule has 0 aromatic heterocycles. The molecule has 2 rings (SSSR count). The molecule has 5 heteroatoms. The van der Waals surface area contributed by atoms with Crippen molar-refractivity contribution in [2.24, 2.45) is 5.73 Å². The zero-order chi connectivity index (χ0) is 17.7. The summed E-state index contributed by atoms with van der Waals surface area (Å²) in [5, 5.41) is 0. The average Bonchev–Trinajstić information content (AvgIpc) is 2.56. The number of halogens is 1. The number of rotatable bonds is 5. The van der Waals surface area contributed by atoms with Gasteiger partial charge in [0.15, 0.2) is 0 Å². The van der Waals surface area contributed by atoms with Crippen molar-refractivity contribution in [1.29, 1.82) is 0 Å². The van der Waals surface area contributed by atoms with Crippen molar-refractivity contribution in [1.82, 2.24) is 4.90 Å². The van der Waals surface area contributed by atoms with E-state index in [0.717, 1.165) is 11.1 Å². The zero-order valence-electron chi connectivity index (χ0n) is 13.6. The molecule has 2 amide bonds. The molecule has 4 nitrogen and oxygen atoms in total. The second kappa shape index (κ2) is 7.55. The van der Waals surface area contributed by atoms with Crippen LogP contribution in [0.4, 0.5) is 4.39 Å². The van der Waals surface area contributed by atoms with E-state index >= 15 is 0 Å². The monoisotopic (exact) mass is 326 g/mol. The first kappa shape index (κ1) is 17.4. The van der Waals surface area contributed by atoms with Crippen LogP contribution in [-0.2, 0) is 11.3 Å². The summed E-state index contributed by atoms with van der Waals surface area (Å²) in [4.78, 5) is 25.2. The van der Waals surface area contributed by atoms with Crippen LogP contribution in [0.25, 0.3) is 6.08 Å². The predicted molar refractivity (Wildman–Crippen MR) is 91.5 cm³/mol.